The van der Waals surface area contributed by atoms with Crippen molar-refractivity contribution < 1.29 is 14.3 Å². The highest BCUT2D eigenvalue weighted by Gasteiger charge is 2.17. The molecule has 0 fully saturated rings. The molecular formula is C19H15N3O3S. The van der Waals surface area contributed by atoms with Gasteiger partial charge in [0.1, 0.15) is 5.75 Å². The van der Waals surface area contributed by atoms with Crippen LogP contribution in [0.3, 0.4) is 0 Å². The van der Waals surface area contributed by atoms with Gasteiger partial charge in [0.25, 0.3) is 11.8 Å². The molecule has 2 amide bonds. The lowest BCUT2D eigenvalue weighted by Crippen LogP contribution is -2.24. The number of carbonyl (C=O) groups excluding carboxylic acids is 2. The normalized spacial score (nSPS) is 10.2. The summed E-state index contributed by atoms with van der Waals surface area (Å²) in [6.45, 7) is 0.109. The molecule has 26 heavy (non-hydrogen) atoms. The zero-order valence-electron chi connectivity index (χ0n) is 13.9. The minimum Gasteiger partial charge on any atom is -0.496 e. The predicted octanol–water partition coefficient (Wildman–Crippen LogP) is 2.92. The number of hydrogen-bond donors (Lipinski definition) is 2. The summed E-state index contributed by atoms with van der Waals surface area (Å²) in [6, 6.07) is 12.2. The SMILES string of the molecule is C#CCNC(=O)c1ccc(OC)c(C(=O)Nc2nc3ccccc3s2)c1. The van der Waals surface area contributed by atoms with Gasteiger partial charge >= 0.3 is 0 Å². The number of nitrogens with zero attached hydrogens (tertiary/aromatic N) is 1. The first-order valence-electron chi connectivity index (χ1n) is 7.69. The fourth-order valence-corrected chi connectivity index (χ4v) is 3.21. The molecule has 1 aromatic heterocycles. The van der Waals surface area contributed by atoms with Crippen LogP contribution in [0.5, 0.6) is 5.75 Å². The Morgan fingerprint density at radius 2 is 2.04 bits per heavy atom. The molecule has 0 bridgehead atoms. The molecule has 6 nitrogen and oxygen atoms in total. The second-order valence-electron chi connectivity index (χ2n) is 5.24. The number of para-hydroxylation sites is 1. The molecule has 2 N–H and O–H groups in total. The Bertz CT molecular complexity index is 987. The summed E-state index contributed by atoms with van der Waals surface area (Å²) in [7, 11) is 1.46. The summed E-state index contributed by atoms with van der Waals surface area (Å²) >= 11 is 1.37. The molecule has 0 unspecified atom stereocenters. The summed E-state index contributed by atoms with van der Waals surface area (Å²) in [5.41, 5.74) is 1.36. The van der Waals surface area contributed by atoms with Crippen molar-refractivity contribution in [2.24, 2.45) is 0 Å². The molecule has 3 aromatic rings. The van der Waals surface area contributed by atoms with Crippen molar-refractivity contribution in [2.45, 2.75) is 0 Å². The van der Waals surface area contributed by atoms with E-state index >= 15 is 0 Å². The summed E-state index contributed by atoms with van der Waals surface area (Å²) < 4.78 is 6.21. The van der Waals surface area contributed by atoms with Crippen LogP contribution in [0.2, 0.25) is 0 Å². The van der Waals surface area contributed by atoms with E-state index < -0.39 is 5.91 Å². The van der Waals surface area contributed by atoms with Crippen LogP contribution in [0, 0.1) is 12.3 Å². The molecule has 1 heterocycles. The van der Waals surface area contributed by atoms with Crippen molar-refractivity contribution in [2.75, 3.05) is 19.0 Å². The van der Waals surface area contributed by atoms with Gasteiger partial charge in [-0.15, -0.1) is 6.42 Å². The van der Waals surface area contributed by atoms with E-state index in [1.165, 1.54) is 24.5 Å². The molecular weight excluding hydrogens is 350 g/mol. The first kappa shape index (κ1) is 17.5. The quantitative estimate of drug-likeness (QED) is 0.681. The highest BCUT2D eigenvalue weighted by molar-refractivity contribution is 7.22. The van der Waals surface area contributed by atoms with Crippen LogP contribution >= 0.6 is 11.3 Å². The molecule has 0 aliphatic carbocycles. The average Bonchev–Trinajstić information content (AvgIpc) is 3.07. The fraction of sp³-hybridized carbons (Fsp3) is 0.105. The Morgan fingerprint density at radius 3 is 2.77 bits per heavy atom. The van der Waals surface area contributed by atoms with Gasteiger partial charge in [-0.1, -0.05) is 29.4 Å². The van der Waals surface area contributed by atoms with E-state index in [1.54, 1.807) is 12.1 Å². The van der Waals surface area contributed by atoms with Gasteiger partial charge in [-0.2, -0.15) is 0 Å². The van der Waals surface area contributed by atoms with E-state index in [0.717, 1.165) is 10.2 Å². The third-order valence-electron chi connectivity index (χ3n) is 3.57. The smallest absolute Gasteiger partial charge is 0.261 e. The first-order chi connectivity index (χ1) is 12.6. The van der Waals surface area contributed by atoms with Crippen LogP contribution in [-0.4, -0.2) is 30.5 Å². The summed E-state index contributed by atoms with van der Waals surface area (Å²) in [5.74, 6) is 1.92. The lowest BCUT2D eigenvalue weighted by molar-refractivity contribution is 0.0958. The van der Waals surface area contributed by atoms with Gasteiger partial charge in [0, 0.05) is 5.56 Å². The molecule has 0 saturated carbocycles. The maximum atomic E-state index is 12.7. The average molecular weight is 365 g/mol. The molecule has 0 atom stereocenters. The number of carbonyl (C=O) groups is 2. The Labute approximate surface area is 154 Å². The number of hydrogen-bond acceptors (Lipinski definition) is 5. The van der Waals surface area contributed by atoms with Gasteiger partial charge in [-0.05, 0) is 30.3 Å². The summed E-state index contributed by atoms with van der Waals surface area (Å²) in [4.78, 5) is 29.1. The van der Waals surface area contributed by atoms with Crippen LogP contribution in [-0.2, 0) is 0 Å². The third-order valence-corrected chi connectivity index (χ3v) is 4.52. The predicted molar refractivity (Wildman–Crippen MR) is 102 cm³/mol. The zero-order valence-corrected chi connectivity index (χ0v) is 14.7. The van der Waals surface area contributed by atoms with Crippen molar-refractivity contribution in [1.82, 2.24) is 10.3 Å². The Hall–Kier alpha value is -3.37. The number of anilines is 1. The maximum absolute atomic E-state index is 12.7. The standard InChI is InChI=1S/C19H15N3O3S/c1-3-10-20-17(23)12-8-9-15(25-2)13(11-12)18(24)22-19-21-14-6-4-5-7-16(14)26-19/h1,4-9,11H,10H2,2H3,(H,20,23)(H,21,22,24). The Balaban J connectivity index is 1.87. The van der Waals surface area contributed by atoms with Crippen molar-refractivity contribution in [3.63, 3.8) is 0 Å². The number of benzene rings is 2. The Morgan fingerprint density at radius 1 is 1.23 bits per heavy atom. The third kappa shape index (κ3) is 3.66. The minimum atomic E-state index is -0.410. The molecule has 0 aliphatic rings. The van der Waals surface area contributed by atoms with Crippen LogP contribution in [0.15, 0.2) is 42.5 Å². The maximum Gasteiger partial charge on any atom is 0.261 e. The van der Waals surface area contributed by atoms with Gasteiger partial charge in [0.05, 0.1) is 29.4 Å². The summed E-state index contributed by atoms with van der Waals surface area (Å²) in [5, 5.41) is 5.79. The fourth-order valence-electron chi connectivity index (χ4n) is 2.35. The molecule has 0 spiro atoms. The number of ether oxygens (including phenoxy) is 1. The van der Waals surface area contributed by atoms with Gasteiger partial charge < -0.3 is 10.1 Å². The second kappa shape index (κ2) is 7.68. The number of terminal acetylenes is 1. The number of amides is 2. The van der Waals surface area contributed by atoms with Crippen LogP contribution in [0.1, 0.15) is 20.7 Å². The Kier molecular flexibility index (Phi) is 5.15. The summed E-state index contributed by atoms with van der Waals surface area (Å²) in [6.07, 6.45) is 5.14. The highest BCUT2D eigenvalue weighted by Crippen LogP contribution is 2.27. The lowest BCUT2D eigenvalue weighted by Gasteiger charge is -2.10. The molecule has 3 rings (SSSR count). The molecule has 2 aromatic carbocycles. The van der Waals surface area contributed by atoms with Crippen molar-refractivity contribution in [1.29, 1.82) is 0 Å². The van der Waals surface area contributed by atoms with E-state index in [-0.39, 0.29) is 18.0 Å². The number of fused-ring (bicyclic) bond motifs is 1. The van der Waals surface area contributed by atoms with Gasteiger partial charge in [-0.3, -0.25) is 14.9 Å². The minimum absolute atomic E-state index is 0.109. The number of nitrogens with one attached hydrogen (secondary N) is 2. The lowest BCUT2D eigenvalue weighted by atomic mass is 10.1. The number of thiazole rings is 1. The van der Waals surface area contributed by atoms with Crippen molar-refractivity contribution >= 4 is 38.5 Å². The van der Waals surface area contributed by atoms with Crippen LogP contribution in [0.4, 0.5) is 5.13 Å². The van der Waals surface area contributed by atoms with E-state index in [1.807, 2.05) is 24.3 Å². The van der Waals surface area contributed by atoms with Gasteiger partial charge in [0.2, 0.25) is 0 Å². The van der Waals surface area contributed by atoms with Crippen molar-refractivity contribution in [3.05, 3.63) is 53.6 Å². The molecule has 0 aliphatic heterocycles. The molecule has 7 heteroatoms. The second-order valence-corrected chi connectivity index (χ2v) is 6.27. The zero-order chi connectivity index (χ0) is 18.5. The van der Waals surface area contributed by atoms with Gasteiger partial charge in [-0.25, -0.2) is 4.98 Å². The van der Waals surface area contributed by atoms with E-state index in [9.17, 15) is 9.59 Å². The van der Waals surface area contributed by atoms with Gasteiger partial charge in [0.15, 0.2) is 5.13 Å². The monoisotopic (exact) mass is 365 g/mol. The largest absolute Gasteiger partial charge is 0.496 e. The van der Waals surface area contributed by atoms with E-state index in [0.29, 0.717) is 16.4 Å². The van der Waals surface area contributed by atoms with E-state index in [4.69, 9.17) is 11.2 Å². The topological polar surface area (TPSA) is 80.3 Å². The van der Waals surface area contributed by atoms with Crippen molar-refractivity contribution in [3.8, 4) is 18.1 Å². The first-order valence-corrected chi connectivity index (χ1v) is 8.50. The molecule has 130 valence electrons. The number of rotatable bonds is 5. The van der Waals surface area contributed by atoms with Crippen LogP contribution in [0.25, 0.3) is 10.2 Å². The van der Waals surface area contributed by atoms with Crippen LogP contribution < -0.4 is 15.4 Å². The number of aromatic nitrogens is 1. The number of methoxy groups -OCH3 is 1. The molecule has 0 saturated heterocycles. The highest BCUT2D eigenvalue weighted by atomic mass is 32.1. The van der Waals surface area contributed by atoms with E-state index in [2.05, 4.69) is 21.5 Å². The molecule has 0 radical (unpaired) electrons.